The van der Waals surface area contributed by atoms with Gasteiger partial charge in [0.25, 0.3) is 0 Å². The second kappa shape index (κ2) is 90.4. The van der Waals surface area contributed by atoms with Crippen molar-refractivity contribution in [3.63, 3.8) is 0 Å². The van der Waals surface area contributed by atoms with Gasteiger partial charge in [0.1, 0.15) is 0 Å². The quantitative estimate of drug-likeness (QED) is 0.0350. The molecule has 0 radical (unpaired) electrons. The fourth-order valence-corrected chi connectivity index (χ4v) is 5.43. The topological polar surface area (TPSA) is 120 Å². The van der Waals surface area contributed by atoms with Crippen molar-refractivity contribution in [3.05, 3.63) is 93.7 Å². The minimum atomic E-state index is -1.06. The van der Waals surface area contributed by atoms with Crippen LogP contribution in [0.15, 0.2) is 72.9 Å². The van der Waals surface area contributed by atoms with E-state index in [9.17, 15) is 0 Å². The van der Waals surface area contributed by atoms with Gasteiger partial charge in [0, 0.05) is 0 Å². The van der Waals surface area contributed by atoms with Gasteiger partial charge in [0.2, 0.25) is 0 Å². The van der Waals surface area contributed by atoms with Crippen LogP contribution in [0.25, 0.3) is 0 Å². The van der Waals surface area contributed by atoms with Crippen molar-refractivity contribution in [2.24, 2.45) is 0 Å². The Kier molecular flexibility index (Phi) is 111. The summed E-state index contributed by atoms with van der Waals surface area (Å²) in [5.74, 6) is 0. The second-order valence-corrected chi connectivity index (χ2v) is 14.9. The van der Waals surface area contributed by atoms with E-state index in [2.05, 4.69) is 114 Å². The Bertz CT molecular complexity index is 793. The van der Waals surface area contributed by atoms with Crippen LogP contribution >= 0.6 is 0 Å². The SMILES string of the molecule is [CH2-]CCCCCC/C=C\C/C=C\CCCCC.[CH2-]CCCCCC/C=C\C/C=C\CCCCC.[CH2-]CCCCCC/C=C\C/C=C\CCCCC.[Co+3].[O]=[Co][O-].[O]=[Co][O-].[O]=[Co][O-]. The molecule has 0 saturated heterocycles. The van der Waals surface area contributed by atoms with E-state index in [0.717, 1.165) is 38.5 Å². The van der Waals surface area contributed by atoms with Crippen LogP contribution in [0.3, 0.4) is 0 Å². The molecule has 0 unspecified atom stereocenters. The monoisotopic (exact) mass is 1040 g/mol. The summed E-state index contributed by atoms with van der Waals surface area (Å²) in [6, 6.07) is 0. The van der Waals surface area contributed by atoms with Crippen molar-refractivity contribution in [2.75, 3.05) is 0 Å². The van der Waals surface area contributed by atoms with E-state index in [1.54, 1.807) is 0 Å². The first-order chi connectivity index (χ1) is 29.5. The summed E-state index contributed by atoms with van der Waals surface area (Å²) < 4.78 is 50.1. The maximum atomic E-state index is 8.34. The van der Waals surface area contributed by atoms with Crippen molar-refractivity contribution in [2.45, 2.75) is 233 Å². The average Bonchev–Trinajstić information content (AvgIpc) is 3.24. The molecule has 10 heteroatoms. The molecule has 0 rings (SSSR count). The third kappa shape index (κ3) is 114. The molecule has 0 fully saturated rings. The van der Waals surface area contributed by atoms with E-state index in [4.69, 9.17) is 24.3 Å². The number of unbranched alkanes of at least 4 members (excludes halogenated alkanes) is 24. The average molecular weight is 1040 g/mol. The number of hydrogen-bond donors (Lipinski definition) is 0. The van der Waals surface area contributed by atoms with Gasteiger partial charge in [0.05, 0.1) is 0 Å². The van der Waals surface area contributed by atoms with Crippen LogP contribution in [0.5, 0.6) is 0 Å². The standard InChI is InChI=1S/3C17H31.4Co.6O/c3*1-3-5-7-9-11-13-15-17-16-14-12-10-8-6-4-2;;;;;;;;;;/h3*12,14-15,17H,1,3-11,13,16H2,2H3;;;;;;;;;;/q3*-1;;;;+3;;;;3*-1/b3*14-12-,17-15-;;;;;;;;;;. The predicted molar refractivity (Wildman–Crippen MR) is 242 cm³/mol. The van der Waals surface area contributed by atoms with Gasteiger partial charge in [-0.15, -0.1) is 0 Å². The Morgan fingerprint density at radius 3 is 0.639 bits per heavy atom. The Hall–Kier alpha value is -0.254. The number of hydrogen-bond acceptors (Lipinski definition) is 6. The zero-order valence-corrected chi connectivity index (χ0v) is 43.3. The summed E-state index contributed by atoms with van der Waals surface area (Å²) in [4.78, 5) is 0. The Balaban J connectivity index is -0.000000129. The molecular formula is C51H93Co4O6-3. The number of allylic oxidation sites excluding steroid dienone is 12. The molecule has 0 aliphatic carbocycles. The molecule has 0 saturated carbocycles. The van der Waals surface area contributed by atoms with Crippen LogP contribution in [0.1, 0.15) is 233 Å². The van der Waals surface area contributed by atoms with E-state index in [0.29, 0.717) is 0 Å². The van der Waals surface area contributed by atoms with Gasteiger partial charge in [-0.2, -0.15) is 19.3 Å². The molecule has 0 aliphatic rings. The third-order valence-corrected chi connectivity index (χ3v) is 8.85. The van der Waals surface area contributed by atoms with Crippen LogP contribution in [0.4, 0.5) is 0 Å². The molecule has 0 heterocycles. The summed E-state index contributed by atoms with van der Waals surface area (Å²) in [6.07, 6.45) is 70.2. The van der Waals surface area contributed by atoms with Crippen LogP contribution in [-0.4, -0.2) is 0 Å². The van der Waals surface area contributed by atoms with Gasteiger partial charge in [-0.05, 0) is 96.3 Å². The molecule has 0 aromatic rings. The molecule has 0 aromatic carbocycles. The van der Waals surface area contributed by atoms with Gasteiger partial charge in [-0.3, -0.25) is 0 Å². The molecular weight excluding hydrogens is 944 g/mol. The van der Waals surface area contributed by atoms with Crippen LogP contribution < -0.4 is 12.7 Å². The van der Waals surface area contributed by atoms with Gasteiger partial charge in [-0.25, -0.2) is 0 Å². The van der Waals surface area contributed by atoms with Gasteiger partial charge >= 0.3 is 85.9 Å². The minimum absolute atomic E-state index is 0. The zero-order chi connectivity index (χ0) is 45.9. The molecule has 0 N–H and O–H groups in total. The third-order valence-electron chi connectivity index (χ3n) is 8.85. The van der Waals surface area contributed by atoms with Crippen molar-refractivity contribution in [1.82, 2.24) is 0 Å². The molecule has 61 heavy (non-hydrogen) atoms. The van der Waals surface area contributed by atoms with Crippen molar-refractivity contribution in [1.29, 1.82) is 0 Å². The zero-order valence-electron chi connectivity index (χ0n) is 39.2. The van der Waals surface area contributed by atoms with Crippen LogP contribution in [0, 0.1) is 20.8 Å². The maximum absolute atomic E-state index is 8.34. The molecule has 0 aliphatic heterocycles. The van der Waals surface area contributed by atoms with Crippen molar-refractivity contribution in [3.8, 4) is 0 Å². The Labute approximate surface area is 409 Å². The van der Waals surface area contributed by atoms with Crippen molar-refractivity contribution >= 4 is 0 Å². The molecule has 0 bridgehead atoms. The van der Waals surface area contributed by atoms with Gasteiger partial charge in [-0.1, -0.05) is 190 Å². The summed E-state index contributed by atoms with van der Waals surface area (Å²) in [7, 11) is 0. The van der Waals surface area contributed by atoms with E-state index in [1.807, 2.05) is 0 Å². The van der Waals surface area contributed by atoms with E-state index < -0.39 is 44.9 Å². The van der Waals surface area contributed by atoms with E-state index in [-0.39, 0.29) is 16.8 Å². The van der Waals surface area contributed by atoms with E-state index in [1.165, 1.54) is 173 Å². The van der Waals surface area contributed by atoms with Gasteiger partial charge < -0.3 is 20.8 Å². The first-order valence-electron chi connectivity index (χ1n) is 23.3. The Morgan fingerprint density at radius 1 is 0.311 bits per heavy atom. The van der Waals surface area contributed by atoms with Crippen molar-refractivity contribution < 1.29 is 85.9 Å². The first kappa shape index (κ1) is 75.1. The van der Waals surface area contributed by atoms with E-state index >= 15 is 0 Å². The normalized spacial score (nSPS) is 11.0. The summed E-state index contributed by atoms with van der Waals surface area (Å²) in [5.41, 5.74) is 0. The predicted octanol–water partition coefficient (Wildman–Crippen LogP) is 14.8. The molecule has 0 spiro atoms. The van der Waals surface area contributed by atoms with Gasteiger partial charge in [0.15, 0.2) is 0 Å². The molecule has 6 nitrogen and oxygen atoms in total. The number of rotatable bonds is 36. The van der Waals surface area contributed by atoms with Crippen LogP contribution in [-0.2, 0) is 73.2 Å². The molecule has 0 aromatic heterocycles. The summed E-state index contributed by atoms with van der Waals surface area (Å²) in [6.45, 7) is 18.3. The Morgan fingerprint density at radius 2 is 0.475 bits per heavy atom. The molecule has 0 atom stereocenters. The fraction of sp³-hybridized carbons (Fsp3) is 0.706. The molecule has 0 amide bonds. The summed E-state index contributed by atoms with van der Waals surface area (Å²) in [5, 5.41) is 0. The second-order valence-electron chi connectivity index (χ2n) is 14.4. The summed E-state index contributed by atoms with van der Waals surface area (Å²) >= 11 is -3.19. The van der Waals surface area contributed by atoms with Crippen LogP contribution in [0.2, 0.25) is 0 Å². The fourth-order valence-electron chi connectivity index (χ4n) is 5.43. The first-order valence-corrected chi connectivity index (χ1v) is 25.9. The molecule has 372 valence electrons.